The van der Waals surface area contributed by atoms with Crippen molar-refractivity contribution in [2.45, 2.75) is 96.6 Å². The highest BCUT2D eigenvalue weighted by molar-refractivity contribution is 5.95. The molecule has 3 rings (SSSR count). The van der Waals surface area contributed by atoms with E-state index in [4.69, 9.17) is 15.2 Å². The molecule has 1 heterocycles. The second-order valence-electron chi connectivity index (χ2n) is 14.8. The van der Waals surface area contributed by atoms with Crippen molar-refractivity contribution in [3.8, 4) is 22.6 Å². The number of benzene rings is 2. The molecular weight excluding hydrogens is 702 g/mol. The van der Waals surface area contributed by atoms with Gasteiger partial charge in [-0.3, -0.25) is 19.2 Å². The van der Waals surface area contributed by atoms with Crippen LogP contribution in [0.25, 0.3) is 11.1 Å². The Morgan fingerprint density at radius 1 is 0.778 bits per heavy atom. The fraction of sp³-hybridized carbons (Fsp3) is 0.514. The van der Waals surface area contributed by atoms with E-state index >= 15 is 0 Å². The first-order chi connectivity index (χ1) is 25.2. The summed E-state index contributed by atoms with van der Waals surface area (Å²) in [5.41, 5.74) is 5.48. The van der Waals surface area contributed by atoms with Crippen molar-refractivity contribution in [3.05, 3.63) is 47.5 Å². The number of ether oxygens (including phenoxy) is 2. The summed E-state index contributed by atoms with van der Waals surface area (Å²) in [7, 11) is 0. The second-order valence-corrected chi connectivity index (χ2v) is 14.8. The van der Waals surface area contributed by atoms with Gasteiger partial charge in [-0.05, 0) is 101 Å². The number of nitrogens with one attached hydrogen (secondary N) is 6. The van der Waals surface area contributed by atoms with Gasteiger partial charge in [-0.2, -0.15) is 0 Å². The lowest BCUT2D eigenvalue weighted by Crippen LogP contribution is -2.58. The maximum absolute atomic E-state index is 14.0. The normalized spacial score (nSPS) is 17.7. The van der Waals surface area contributed by atoms with Crippen molar-refractivity contribution >= 4 is 35.8 Å². The Kier molecular flexibility index (Phi) is 15.0. The van der Waals surface area contributed by atoms with Crippen LogP contribution >= 0.6 is 0 Å². The van der Waals surface area contributed by atoms with E-state index in [2.05, 4.69) is 31.9 Å². The third-order valence-corrected chi connectivity index (χ3v) is 7.84. The smallest absolute Gasteiger partial charge is 0.408 e. The minimum atomic E-state index is -1.36. The van der Waals surface area contributed by atoms with Crippen molar-refractivity contribution in [2.24, 2.45) is 5.73 Å². The number of carbonyl (C=O) groups is 6. The molecule has 1 aliphatic heterocycles. The van der Waals surface area contributed by atoms with Gasteiger partial charge in [0.1, 0.15) is 40.8 Å². The van der Waals surface area contributed by atoms with Crippen LogP contribution in [0.3, 0.4) is 0 Å². The van der Waals surface area contributed by atoms with Crippen LogP contribution in [0.2, 0.25) is 0 Å². The van der Waals surface area contributed by atoms with Crippen molar-refractivity contribution in [3.63, 3.8) is 0 Å². The molecule has 0 fully saturated rings. The zero-order valence-corrected chi connectivity index (χ0v) is 31.6. The van der Waals surface area contributed by atoms with Gasteiger partial charge in [-0.1, -0.05) is 12.1 Å². The zero-order chi connectivity index (χ0) is 40.2. The molecular formula is C37H53N7O10. The SMILES string of the molecule is CC(C)(C)OC(=O)NCCC[C@@H]1NC(=O)[C@@H](NC(=O)OC(C)(C)C)Cc2cc(ccc2O)-c2ccc(O)c(c2)C[C@@H](C(=O)NCC(=O)NCCN)NC1=O. The average Bonchev–Trinajstić information content (AvgIpc) is 3.06. The summed E-state index contributed by atoms with van der Waals surface area (Å²) in [5, 5.41) is 37.2. The zero-order valence-electron chi connectivity index (χ0n) is 31.6. The highest BCUT2D eigenvalue weighted by atomic mass is 16.6. The van der Waals surface area contributed by atoms with Crippen LogP contribution in [0.1, 0.15) is 65.5 Å². The first kappa shape index (κ1) is 42.8. The van der Waals surface area contributed by atoms with E-state index in [1.165, 1.54) is 12.1 Å². The topological polar surface area (TPSA) is 260 Å². The van der Waals surface area contributed by atoms with E-state index in [0.29, 0.717) is 11.1 Å². The molecule has 0 saturated carbocycles. The molecule has 0 radical (unpaired) electrons. The lowest BCUT2D eigenvalue weighted by Gasteiger charge is -2.27. The fourth-order valence-corrected chi connectivity index (χ4v) is 5.35. The van der Waals surface area contributed by atoms with Crippen molar-refractivity contribution < 1.29 is 48.5 Å². The summed E-state index contributed by atoms with van der Waals surface area (Å²) in [5.74, 6) is -3.23. The van der Waals surface area contributed by atoms with Crippen molar-refractivity contribution in [1.82, 2.24) is 31.9 Å². The lowest BCUT2D eigenvalue weighted by atomic mass is 9.95. The Morgan fingerprint density at radius 3 is 1.93 bits per heavy atom. The molecule has 17 heteroatoms. The minimum absolute atomic E-state index is 0.0518. The number of aromatic hydroxyl groups is 2. The van der Waals surface area contributed by atoms with Crippen molar-refractivity contribution in [1.29, 1.82) is 0 Å². The Hall–Kier alpha value is -5.58. The predicted octanol–water partition coefficient (Wildman–Crippen LogP) is 1.22. The standard InChI is InChI=1S/C37H53N7O10/c1-36(2,3)53-34(51)40-14-7-8-25-32(49)43-26(31(48)41-20-30(47)39-15-13-38)18-23-16-21(9-11-28(23)45)22-10-12-29(46)24(17-22)19-27(33(50)42-25)44-35(52)54-37(4,5)6/h9-12,16-17,25-27,45-46H,7-8,13-15,18-20,38H2,1-6H3,(H,39,47)(H,40,51)(H,41,48)(H,42,50)(H,43,49)(H,44,52)/t25-,26-,27-/m0/s1. The van der Waals surface area contributed by atoms with E-state index in [1.807, 2.05) is 0 Å². The monoisotopic (exact) mass is 755 g/mol. The predicted molar refractivity (Wildman–Crippen MR) is 198 cm³/mol. The van der Waals surface area contributed by atoms with Gasteiger partial charge in [0, 0.05) is 32.5 Å². The van der Waals surface area contributed by atoms with Gasteiger partial charge in [0.2, 0.25) is 23.6 Å². The maximum atomic E-state index is 14.0. The van der Waals surface area contributed by atoms with Crippen molar-refractivity contribution in [2.75, 3.05) is 26.2 Å². The van der Waals surface area contributed by atoms with Gasteiger partial charge in [0.15, 0.2) is 0 Å². The summed E-state index contributed by atoms with van der Waals surface area (Å²) >= 11 is 0. The first-order valence-electron chi connectivity index (χ1n) is 17.7. The molecule has 0 aromatic heterocycles. The third kappa shape index (κ3) is 14.1. The quantitative estimate of drug-likeness (QED) is 0.156. The summed E-state index contributed by atoms with van der Waals surface area (Å²) in [6.07, 6.45) is -1.95. The van der Waals surface area contributed by atoms with Crippen LogP contribution in [0, 0.1) is 0 Å². The number of nitrogens with two attached hydrogens (primary N) is 1. The fourth-order valence-electron chi connectivity index (χ4n) is 5.35. The molecule has 296 valence electrons. The molecule has 0 saturated heterocycles. The van der Waals surface area contributed by atoms with Gasteiger partial charge in [-0.15, -0.1) is 0 Å². The number of amides is 6. The molecule has 4 bridgehead atoms. The average molecular weight is 756 g/mol. The summed E-state index contributed by atoms with van der Waals surface area (Å²) in [6.45, 7) is 10.1. The molecule has 1 aliphatic rings. The van der Waals surface area contributed by atoms with E-state index in [0.717, 1.165) is 0 Å². The highest BCUT2D eigenvalue weighted by Crippen LogP contribution is 2.31. The van der Waals surface area contributed by atoms with Crippen LogP contribution in [-0.2, 0) is 41.5 Å². The van der Waals surface area contributed by atoms with Crippen LogP contribution in [0.15, 0.2) is 36.4 Å². The van der Waals surface area contributed by atoms with Crippen LogP contribution in [0.4, 0.5) is 9.59 Å². The Labute approximate surface area is 314 Å². The van der Waals surface area contributed by atoms with E-state index in [1.54, 1.807) is 65.8 Å². The molecule has 0 unspecified atom stereocenters. The maximum Gasteiger partial charge on any atom is 0.408 e. The molecule has 2 aromatic rings. The molecule has 6 amide bonds. The first-order valence-corrected chi connectivity index (χ1v) is 17.7. The Morgan fingerprint density at radius 2 is 1.35 bits per heavy atom. The number of hydrogen-bond donors (Lipinski definition) is 9. The van der Waals surface area contributed by atoms with Gasteiger partial charge in [-0.25, -0.2) is 9.59 Å². The molecule has 54 heavy (non-hydrogen) atoms. The van der Waals surface area contributed by atoms with Gasteiger partial charge >= 0.3 is 12.2 Å². The third-order valence-electron chi connectivity index (χ3n) is 7.84. The van der Waals surface area contributed by atoms with E-state index < -0.39 is 71.7 Å². The summed E-state index contributed by atoms with van der Waals surface area (Å²) < 4.78 is 10.7. The number of hydrogen-bond acceptors (Lipinski definition) is 11. The largest absolute Gasteiger partial charge is 0.508 e. The molecule has 10 N–H and O–H groups in total. The van der Waals surface area contributed by atoms with Gasteiger partial charge < -0.3 is 57.3 Å². The van der Waals surface area contributed by atoms with Crippen LogP contribution < -0.4 is 37.6 Å². The number of alkyl carbamates (subject to hydrolysis) is 2. The molecule has 0 aliphatic carbocycles. The van der Waals surface area contributed by atoms with E-state index in [-0.39, 0.29) is 67.9 Å². The number of rotatable bonds is 10. The number of phenolic OH excluding ortho intramolecular Hbond substituents is 2. The van der Waals surface area contributed by atoms with Gasteiger partial charge in [0.05, 0.1) is 6.54 Å². The summed E-state index contributed by atoms with van der Waals surface area (Å²) in [6, 6.07) is 5.29. The number of fused-ring (bicyclic) bond motifs is 5. The van der Waals surface area contributed by atoms with Gasteiger partial charge in [0.25, 0.3) is 0 Å². The number of carbonyl (C=O) groups excluding carboxylic acids is 6. The molecule has 17 nitrogen and oxygen atoms in total. The number of phenols is 2. The Bertz CT molecular complexity index is 1690. The Balaban J connectivity index is 2.05. The van der Waals surface area contributed by atoms with Crippen LogP contribution in [-0.4, -0.2) is 102 Å². The highest BCUT2D eigenvalue weighted by Gasteiger charge is 2.32. The molecule has 2 aromatic carbocycles. The molecule has 3 atom stereocenters. The second kappa shape index (κ2) is 19.0. The van der Waals surface area contributed by atoms with Crippen LogP contribution in [0.5, 0.6) is 11.5 Å². The summed E-state index contributed by atoms with van der Waals surface area (Å²) in [4.78, 5) is 79.0. The molecule has 0 spiro atoms. The lowest BCUT2D eigenvalue weighted by molar-refractivity contribution is -0.133. The minimum Gasteiger partial charge on any atom is -0.508 e. The van der Waals surface area contributed by atoms with E-state index in [9.17, 15) is 39.0 Å².